The molecule has 0 fully saturated rings. The number of carbonyl (C=O) groups is 1. The smallest absolute Gasteiger partial charge is 0.332 e. The summed E-state index contributed by atoms with van der Waals surface area (Å²) in [6.45, 7) is 5.45. The molecule has 1 heterocycles. The molecule has 6 nitrogen and oxygen atoms in total. The van der Waals surface area contributed by atoms with Crippen LogP contribution in [0.3, 0.4) is 0 Å². The van der Waals surface area contributed by atoms with E-state index >= 15 is 0 Å². The number of hydrogen-bond acceptors (Lipinski definition) is 3. The Bertz CT molecular complexity index is 1140. The second-order valence-corrected chi connectivity index (χ2v) is 7.12. The van der Waals surface area contributed by atoms with Crippen molar-refractivity contribution >= 4 is 28.4 Å². The highest BCUT2D eigenvalue weighted by atomic mass is 35.5. The second kappa shape index (κ2) is 8.02. The monoisotopic (exact) mass is 399 g/mol. The summed E-state index contributed by atoms with van der Waals surface area (Å²) in [5, 5.41) is 3.67. The first-order valence-electron chi connectivity index (χ1n) is 9.15. The zero-order chi connectivity index (χ0) is 20.4. The van der Waals surface area contributed by atoms with Crippen LogP contribution in [-0.2, 0) is 11.3 Å². The lowest BCUT2D eigenvalue weighted by Crippen LogP contribution is -2.44. The highest BCUT2D eigenvalue weighted by Gasteiger charge is 2.23. The SMILES string of the molecule is CCn1c(=O)c2ccc(Cl)cc2n([C@@H](C)C(=O)N[C@H](C)c2ccccc2)c1=O. The Balaban J connectivity index is 2.07. The Hall–Kier alpha value is -2.86. The number of fused-ring (bicyclic) bond motifs is 1. The molecule has 0 aliphatic carbocycles. The molecule has 146 valence electrons. The number of nitrogens with zero attached hydrogens (tertiary/aromatic N) is 2. The predicted octanol–water partition coefficient (Wildman–Crippen LogP) is 3.27. The summed E-state index contributed by atoms with van der Waals surface area (Å²) in [6.07, 6.45) is 0. The van der Waals surface area contributed by atoms with Crippen molar-refractivity contribution in [3.8, 4) is 0 Å². The van der Waals surface area contributed by atoms with Gasteiger partial charge < -0.3 is 5.32 Å². The molecule has 0 aliphatic rings. The molecule has 0 unspecified atom stereocenters. The van der Waals surface area contributed by atoms with E-state index in [1.165, 1.54) is 4.57 Å². The first-order chi connectivity index (χ1) is 13.3. The van der Waals surface area contributed by atoms with E-state index in [4.69, 9.17) is 11.6 Å². The highest BCUT2D eigenvalue weighted by molar-refractivity contribution is 6.31. The van der Waals surface area contributed by atoms with Gasteiger partial charge in [0, 0.05) is 11.6 Å². The predicted molar refractivity (Wildman–Crippen MR) is 111 cm³/mol. The van der Waals surface area contributed by atoms with E-state index in [-0.39, 0.29) is 24.1 Å². The molecule has 1 amide bonds. The van der Waals surface area contributed by atoms with Crippen molar-refractivity contribution in [2.45, 2.75) is 39.4 Å². The van der Waals surface area contributed by atoms with Gasteiger partial charge in [0.15, 0.2) is 0 Å². The number of benzene rings is 2. The maximum Gasteiger partial charge on any atom is 0.332 e. The number of nitrogens with one attached hydrogen (secondary N) is 1. The van der Waals surface area contributed by atoms with Crippen LogP contribution in [0.1, 0.15) is 38.4 Å². The van der Waals surface area contributed by atoms with E-state index in [1.54, 1.807) is 32.0 Å². The van der Waals surface area contributed by atoms with Crippen LogP contribution in [0.2, 0.25) is 5.02 Å². The van der Waals surface area contributed by atoms with Crippen molar-refractivity contribution in [1.29, 1.82) is 0 Å². The zero-order valence-electron chi connectivity index (χ0n) is 16.0. The number of aromatic nitrogens is 2. The van der Waals surface area contributed by atoms with Crippen molar-refractivity contribution in [2.75, 3.05) is 0 Å². The van der Waals surface area contributed by atoms with E-state index < -0.39 is 11.7 Å². The standard InChI is InChI=1S/C21H22ClN3O3/c1-4-24-20(27)17-11-10-16(22)12-18(17)25(21(24)28)14(3)19(26)23-13(2)15-8-6-5-7-9-15/h5-14H,4H2,1-3H3,(H,23,26)/t13-,14+/m1/s1. The lowest BCUT2D eigenvalue weighted by molar-refractivity contribution is -0.124. The van der Waals surface area contributed by atoms with E-state index in [1.807, 2.05) is 37.3 Å². The van der Waals surface area contributed by atoms with Crippen LogP contribution < -0.4 is 16.6 Å². The topological polar surface area (TPSA) is 73.1 Å². The van der Waals surface area contributed by atoms with Gasteiger partial charge in [0.2, 0.25) is 5.91 Å². The quantitative estimate of drug-likeness (QED) is 0.715. The van der Waals surface area contributed by atoms with Crippen molar-refractivity contribution in [1.82, 2.24) is 14.5 Å². The Morgan fingerprint density at radius 3 is 2.43 bits per heavy atom. The Labute approximate surface area is 167 Å². The molecule has 1 N–H and O–H groups in total. The van der Waals surface area contributed by atoms with Gasteiger partial charge >= 0.3 is 5.69 Å². The average molecular weight is 400 g/mol. The normalized spacial score (nSPS) is 13.3. The maximum absolute atomic E-state index is 13.0. The molecule has 3 rings (SSSR count). The summed E-state index contributed by atoms with van der Waals surface area (Å²) in [6, 6.07) is 13.2. The van der Waals surface area contributed by atoms with Gasteiger partial charge in [-0.25, -0.2) is 4.79 Å². The first-order valence-corrected chi connectivity index (χ1v) is 9.52. The van der Waals surface area contributed by atoms with Crippen molar-refractivity contribution in [3.63, 3.8) is 0 Å². The summed E-state index contributed by atoms with van der Waals surface area (Å²) in [7, 11) is 0. The Kier molecular flexibility index (Phi) is 5.70. The first kappa shape index (κ1) is 19.9. The van der Waals surface area contributed by atoms with Crippen LogP contribution in [0, 0.1) is 0 Å². The van der Waals surface area contributed by atoms with E-state index in [0.29, 0.717) is 15.9 Å². The minimum atomic E-state index is -0.821. The number of hydrogen-bond donors (Lipinski definition) is 1. The van der Waals surface area contributed by atoms with Gasteiger partial charge in [0.05, 0.1) is 16.9 Å². The van der Waals surface area contributed by atoms with Crippen LogP contribution in [0.4, 0.5) is 0 Å². The van der Waals surface area contributed by atoms with E-state index in [9.17, 15) is 14.4 Å². The number of halogens is 1. The molecule has 7 heteroatoms. The van der Waals surface area contributed by atoms with Gasteiger partial charge in [-0.1, -0.05) is 41.9 Å². The fraction of sp³-hybridized carbons (Fsp3) is 0.286. The van der Waals surface area contributed by atoms with Crippen LogP contribution in [0.25, 0.3) is 10.9 Å². The van der Waals surface area contributed by atoms with E-state index in [2.05, 4.69) is 5.32 Å². The summed E-state index contributed by atoms with van der Waals surface area (Å²) >= 11 is 6.09. The Morgan fingerprint density at radius 1 is 1.11 bits per heavy atom. The van der Waals surface area contributed by atoms with Crippen molar-refractivity contribution in [2.24, 2.45) is 0 Å². The third-order valence-electron chi connectivity index (χ3n) is 4.87. The van der Waals surface area contributed by atoms with Crippen molar-refractivity contribution < 1.29 is 4.79 Å². The van der Waals surface area contributed by atoms with Crippen LogP contribution in [-0.4, -0.2) is 15.0 Å². The van der Waals surface area contributed by atoms with E-state index in [0.717, 1.165) is 10.1 Å². The molecule has 0 saturated heterocycles. The van der Waals surface area contributed by atoms with Crippen LogP contribution >= 0.6 is 11.6 Å². The fourth-order valence-corrected chi connectivity index (χ4v) is 3.45. The largest absolute Gasteiger partial charge is 0.348 e. The number of carbonyl (C=O) groups excluding carboxylic acids is 1. The molecule has 0 bridgehead atoms. The minimum Gasteiger partial charge on any atom is -0.348 e. The van der Waals surface area contributed by atoms with Crippen LogP contribution in [0.15, 0.2) is 58.1 Å². The number of amides is 1. The lowest BCUT2D eigenvalue weighted by atomic mass is 10.1. The van der Waals surface area contributed by atoms with Gasteiger partial charge in [0.1, 0.15) is 6.04 Å². The van der Waals surface area contributed by atoms with Crippen molar-refractivity contribution in [3.05, 3.63) is 80.0 Å². The lowest BCUT2D eigenvalue weighted by Gasteiger charge is -2.22. The number of rotatable bonds is 5. The van der Waals surface area contributed by atoms with Gasteiger partial charge in [-0.05, 0) is 44.5 Å². The van der Waals surface area contributed by atoms with Gasteiger partial charge in [-0.3, -0.25) is 18.7 Å². The fourth-order valence-electron chi connectivity index (χ4n) is 3.28. The molecule has 3 aromatic rings. The molecule has 0 radical (unpaired) electrons. The zero-order valence-corrected chi connectivity index (χ0v) is 16.7. The molecule has 28 heavy (non-hydrogen) atoms. The molecule has 2 aromatic carbocycles. The second-order valence-electron chi connectivity index (χ2n) is 6.68. The molecular formula is C21H22ClN3O3. The summed E-state index contributed by atoms with van der Waals surface area (Å²) in [5.41, 5.74) is 0.391. The maximum atomic E-state index is 13.0. The molecule has 0 spiro atoms. The molecule has 2 atom stereocenters. The molecule has 1 aromatic heterocycles. The third-order valence-corrected chi connectivity index (χ3v) is 5.11. The molecule has 0 aliphatic heterocycles. The Morgan fingerprint density at radius 2 is 1.79 bits per heavy atom. The van der Waals surface area contributed by atoms with Gasteiger partial charge in [0.25, 0.3) is 5.56 Å². The molecule has 0 saturated carbocycles. The van der Waals surface area contributed by atoms with Gasteiger partial charge in [-0.15, -0.1) is 0 Å². The molecular weight excluding hydrogens is 378 g/mol. The summed E-state index contributed by atoms with van der Waals surface area (Å²) in [4.78, 5) is 38.5. The summed E-state index contributed by atoms with van der Waals surface area (Å²) in [5.74, 6) is -0.318. The highest BCUT2D eigenvalue weighted by Crippen LogP contribution is 2.20. The van der Waals surface area contributed by atoms with Gasteiger partial charge in [-0.2, -0.15) is 0 Å². The van der Waals surface area contributed by atoms with Crippen LogP contribution in [0.5, 0.6) is 0 Å². The third kappa shape index (κ3) is 3.60. The minimum absolute atomic E-state index is 0.213. The average Bonchev–Trinajstić information content (AvgIpc) is 2.68. The summed E-state index contributed by atoms with van der Waals surface area (Å²) < 4.78 is 2.46.